The number of methoxy groups -OCH3 is 1. The molecule has 1 heterocycles. The summed E-state index contributed by atoms with van der Waals surface area (Å²) in [7, 11) is 1.62. The third kappa shape index (κ3) is 1.99. The van der Waals surface area contributed by atoms with Gasteiger partial charge in [0.05, 0.1) is 24.6 Å². The van der Waals surface area contributed by atoms with Gasteiger partial charge in [-0.15, -0.1) is 0 Å². The molecule has 1 atom stereocenters. The molecule has 0 spiro atoms. The van der Waals surface area contributed by atoms with Crippen molar-refractivity contribution in [3.8, 4) is 5.75 Å². The molecule has 82 valence electrons. The molecule has 1 aliphatic rings. The van der Waals surface area contributed by atoms with E-state index in [1.807, 2.05) is 12.1 Å². The first-order valence-electron chi connectivity index (χ1n) is 5.07. The van der Waals surface area contributed by atoms with Gasteiger partial charge < -0.3 is 20.5 Å². The molecular formula is C11H16N2O2. The standard InChI is InChI=1S/C11H16N2O2/c1-15-9-2-3-11(10(12)6-9)13-5-4-8(14)7-13/h2-3,6,8,14H,4-5,7,12H2,1H3. The van der Waals surface area contributed by atoms with Gasteiger partial charge in [-0.25, -0.2) is 0 Å². The maximum Gasteiger partial charge on any atom is 0.121 e. The molecule has 15 heavy (non-hydrogen) atoms. The van der Waals surface area contributed by atoms with Crippen LogP contribution in [0.15, 0.2) is 18.2 Å². The van der Waals surface area contributed by atoms with Crippen molar-refractivity contribution in [1.82, 2.24) is 0 Å². The number of aliphatic hydroxyl groups excluding tert-OH is 1. The van der Waals surface area contributed by atoms with Crippen LogP contribution in [-0.4, -0.2) is 31.4 Å². The van der Waals surface area contributed by atoms with E-state index in [-0.39, 0.29) is 6.10 Å². The molecule has 0 saturated carbocycles. The second-order valence-electron chi connectivity index (χ2n) is 3.81. The van der Waals surface area contributed by atoms with Gasteiger partial charge in [0.2, 0.25) is 0 Å². The molecule has 0 aromatic heterocycles. The molecule has 1 aromatic carbocycles. The summed E-state index contributed by atoms with van der Waals surface area (Å²) in [5, 5.41) is 9.45. The zero-order chi connectivity index (χ0) is 10.8. The van der Waals surface area contributed by atoms with Crippen LogP contribution in [-0.2, 0) is 0 Å². The van der Waals surface area contributed by atoms with Gasteiger partial charge in [-0.3, -0.25) is 0 Å². The smallest absolute Gasteiger partial charge is 0.121 e. The summed E-state index contributed by atoms with van der Waals surface area (Å²) in [6.07, 6.45) is 0.581. The molecule has 1 saturated heterocycles. The summed E-state index contributed by atoms with van der Waals surface area (Å²) in [4.78, 5) is 2.10. The second kappa shape index (κ2) is 3.98. The number of nitrogens with two attached hydrogens (primary N) is 1. The van der Waals surface area contributed by atoms with Gasteiger partial charge in [0.15, 0.2) is 0 Å². The van der Waals surface area contributed by atoms with Crippen molar-refractivity contribution in [1.29, 1.82) is 0 Å². The average molecular weight is 208 g/mol. The number of hydrogen-bond acceptors (Lipinski definition) is 4. The number of benzene rings is 1. The van der Waals surface area contributed by atoms with Gasteiger partial charge in [-0.05, 0) is 18.6 Å². The Morgan fingerprint density at radius 3 is 2.87 bits per heavy atom. The Labute approximate surface area is 89.3 Å². The Kier molecular flexibility index (Phi) is 2.68. The first-order chi connectivity index (χ1) is 7.20. The van der Waals surface area contributed by atoms with Crippen LogP contribution in [0, 0.1) is 0 Å². The van der Waals surface area contributed by atoms with Crippen LogP contribution in [0.4, 0.5) is 11.4 Å². The minimum Gasteiger partial charge on any atom is -0.497 e. The highest BCUT2D eigenvalue weighted by molar-refractivity contribution is 5.69. The topological polar surface area (TPSA) is 58.7 Å². The molecule has 1 fully saturated rings. The fourth-order valence-electron chi connectivity index (χ4n) is 1.91. The second-order valence-corrected chi connectivity index (χ2v) is 3.81. The van der Waals surface area contributed by atoms with Gasteiger partial charge >= 0.3 is 0 Å². The third-order valence-corrected chi connectivity index (χ3v) is 2.74. The average Bonchev–Trinajstić information content (AvgIpc) is 2.64. The zero-order valence-corrected chi connectivity index (χ0v) is 8.81. The minimum absolute atomic E-state index is 0.230. The van der Waals surface area contributed by atoms with E-state index in [9.17, 15) is 5.11 Å². The van der Waals surface area contributed by atoms with E-state index in [0.717, 1.165) is 24.4 Å². The maximum absolute atomic E-state index is 9.45. The van der Waals surface area contributed by atoms with E-state index in [1.165, 1.54) is 0 Å². The summed E-state index contributed by atoms with van der Waals surface area (Å²) < 4.78 is 5.09. The summed E-state index contributed by atoms with van der Waals surface area (Å²) >= 11 is 0. The molecule has 0 amide bonds. The van der Waals surface area contributed by atoms with Crippen molar-refractivity contribution in [2.24, 2.45) is 0 Å². The van der Waals surface area contributed by atoms with Crippen LogP contribution in [0.5, 0.6) is 5.75 Å². The molecule has 0 bridgehead atoms. The number of hydrogen-bond donors (Lipinski definition) is 2. The largest absolute Gasteiger partial charge is 0.497 e. The number of rotatable bonds is 2. The Bertz CT molecular complexity index is 354. The van der Waals surface area contributed by atoms with E-state index in [0.29, 0.717) is 12.2 Å². The summed E-state index contributed by atoms with van der Waals surface area (Å²) in [5.41, 5.74) is 7.60. The number of nitrogens with zero attached hydrogens (tertiary/aromatic N) is 1. The normalized spacial score (nSPS) is 20.7. The first kappa shape index (κ1) is 10.1. The van der Waals surface area contributed by atoms with Gasteiger partial charge in [0.25, 0.3) is 0 Å². The van der Waals surface area contributed by atoms with E-state index in [1.54, 1.807) is 13.2 Å². The summed E-state index contributed by atoms with van der Waals surface area (Å²) in [6, 6.07) is 5.63. The van der Waals surface area contributed by atoms with Crippen molar-refractivity contribution in [3.05, 3.63) is 18.2 Å². The predicted molar refractivity (Wildman–Crippen MR) is 60.2 cm³/mol. The SMILES string of the molecule is COc1ccc(N2CCC(O)C2)c(N)c1. The van der Waals surface area contributed by atoms with Crippen LogP contribution in [0.1, 0.15) is 6.42 Å². The van der Waals surface area contributed by atoms with E-state index in [2.05, 4.69) is 4.90 Å². The van der Waals surface area contributed by atoms with Crippen LogP contribution >= 0.6 is 0 Å². The van der Waals surface area contributed by atoms with E-state index in [4.69, 9.17) is 10.5 Å². The van der Waals surface area contributed by atoms with E-state index >= 15 is 0 Å². The van der Waals surface area contributed by atoms with Gasteiger partial charge in [0, 0.05) is 19.2 Å². The number of ether oxygens (including phenoxy) is 1. The molecule has 0 aliphatic carbocycles. The minimum atomic E-state index is -0.230. The van der Waals surface area contributed by atoms with Gasteiger partial charge in [-0.1, -0.05) is 0 Å². The molecule has 1 aromatic rings. The predicted octanol–water partition coefficient (Wildman–Crippen LogP) is 0.848. The summed E-state index contributed by atoms with van der Waals surface area (Å²) in [6.45, 7) is 1.52. The van der Waals surface area contributed by atoms with Gasteiger partial charge in [0.1, 0.15) is 5.75 Å². The van der Waals surface area contributed by atoms with Crippen LogP contribution in [0.2, 0.25) is 0 Å². The quantitative estimate of drug-likeness (QED) is 0.707. The number of anilines is 2. The Morgan fingerprint density at radius 2 is 2.33 bits per heavy atom. The molecule has 4 nitrogen and oxygen atoms in total. The van der Waals surface area contributed by atoms with Crippen LogP contribution < -0.4 is 15.4 Å². The lowest BCUT2D eigenvalue weighted by Gasteiger charge is -2.20. The third-order valence-electron chi connectivity index (χ3n) is 2.74. The molecule has 1 unspecified atom stereocenters. The molecule has 2 rings (SSSR count). The van der Waals surface area contributed by atoms with Gasteiger partial charge in [-0.2, -0.15) is 0 Å². The van der Waals surface area contributed by atoms with Crippen molar-refractivity contribution in [2.45, 2.75) is 12.5 Å². The van der Waals surface area contributed by atoms with E-state index < -0.39 is 0 Å². The lowest BCUT2D eigenvalue weighted by Crippen LogP contribution is -2.22. The lowest BCUT2D eigenvalue weighted by molar-refractivity contribution is 0.198. The maximum atomic E-state index is 9.45. The fourth-order valence-corrected chi connectivity index (χ4v) is 1.91. The van der Waals surface area contributed by atoms with Crippen LogP contribution in [0.25, 0.3) is 0 Å². The molecular weight excluding hydrogens is 192 g/mol. The molecule has 0 radical (unpaired) electrons. The Balaban J connectivity index is 2.21. The fraction of sp³-hybridized carbons (Fsp3) is 0.455. The zero-order valence-electron chi connectivity index (χ0n) is 8.81. The number of aliphatic hydroxyl groups is 1. The summed E-state index contributed by atoms with van der Waals surface area (Å²) in [5.74, 6) is 0.760. The highest BCUT2D eigenvalue weighted by Crippen LogP contribution is 2.29. The highest BCUT2D eigenvalue weighted by Gasteiger charge is 2.21. The first-order valence-corrected chi connectivity index (χ1v) is 5.07. The van der Waals surface area contributed by atoms with Crippen molar-refractivity contribution in [3.63, 3.8) is 0 Å². The Hall–Kier alpha value is -1.42. The molecule has 4 heteroatoms. The number of nitrogen functional groups attached to an aromatic ring is 1. The monoisotopic (exact) mass is 208 g/mol. The lowest BCUT2D eigenvalue weighted by atomic mass is 10.2. The number of β-amino-alcohol motifs (C(OH)–C–C–N with tert-alkyl or cyclic N) is 1. The molecule has 1 aliphatic heterocycles. The molecule has 3 N–H and O–H groups in total. The van der Waals surface area contributed by atoms with Crippen molar-refractivity contribution >= 4 is 11.4 Å². The van der Waals surface area contributed by atoms with Crippen LogP contribution in [0.3, 0.4) is 0 Å². The highest BCUT2D eigenvalue weighted by atomic mass is 16.5. The van der Waals surface area contributed by atoms with Crippen molar-refractivity contribution < 1.29 is 9.84 Å². The Morgan fingerprint density at radius 1 is 1.53 bits per heavy atom. The van der Waals surface area contributed by atoms with Crippen molar-refractivity contribution in [2.75, 3.05) is 30.8 Å².